The van der Waals surface area contributed by atoms with E-state index in [-0.39, 0.29) is 11.6 Å². The second kappa shape index (κ2) is 6.83. The molecule has 2 aromatic heterocycles. The van der Waals surface area contributed by atoms with Crippen molar-refractivity contribution in [2.75, 3.05) is 5.43 Å². The van der Waals surface area contributed by atoms with Crippen LogP contribution in [0, 0.1) is 11.6 Å². The summed E-state index contributed by atoms with van der Waals surface area (Å²) in [6.07, 6.45) is 3.44. The smallest absolute Gasteiger partial charge is 0.406 e. The van der Waals surface area contributed by atoms with E-state index in [4.69, 9.17) is 4.74 Å². The summed E-state index contributed by atoms with van der Waals surface area (Å²) in [7, 11) is 0. The highest BCUT2D eigenvalue weighted by molar-refractivity contribution is 5.85. The largest absolute Gasteiger partial charge is 0.432 e. The first-order valence-electron chi connectivity index (χ1n) is 7.92. The average molecular weight is 366 g/mol. The average Bonchev–Trinajstić information content (AvgIpc) is 3.04. The molecule has 6 nitrogen and oxygen atoms in total. The van der Waals surface area contributed by atoms with Gasteiger partial charge in [0, 0.05) is 17.1 Å². The van der Waals surface area contributed by atoms with Crippen LogP contribution in [0.5, 0.6) is 5.75 Å². The molecule has 0 bridgehead atoms. The van der Waals surface area contributed by atoms with Crippen LogP contribution in [0.15, 0.2) is 67.1 Å². The van der Waals surface area contributed by atoms with Crippen molar-refractivity contribution in [3.63, 3.8) is 0 Å². The van der Waals surface area contributed by atoms with E-state index in [0.717, 1.165) is 0 Å². The van der Waals surface area contributed by atoms with Crippen LogP contribution >= 0.6 is 0 Å². The number of hydrogen-bond acceptors (Lipinski definition) is 4. The lowest BCUT2D eigenvalue weighted by Crippen LogP contribution is -2.25. The maximum absolute atomic E-state index is 13.3. The van der Waals surface area contributed by atoms with E-state index in [1.54, 1.807) is 30.5 Å². The van der Waals surface area contributed by atoms with Crippen LogP contribution < -0.4 is 10.2 Å². The Bertz CT molecular complexity index is 1130. The summed E-state index contributed by atoms with van der Waals surface area (Å²) in [5, 5.41) is 0.637. The molecule has 0 saturated heterocycles. The Labute approximate surface area is 152 Å². The van der Waals surface area contributed by atoms with Crippen molar-refractivity contribution in [3.05, 3.63) is 78.8 Å². The number of carbonyl (C=O) groups excluding carboxylic acids is 1. The second-order valence-electron chi connectivity index (χ2n) is 5.64. The van der Waals surface area contributed by atoms with E-state index < -0.39 is 11.9 Å². The number of benzene rings is 2. The lowest BCUT2D eigenvalue weighted by Gasteiger charge is -2.09. The monoisotopic (exact) mass is 366 g/mol. The standard InChI is InChI=1S/C19H12F2N4O2/c20-14-3-1-2-13(9-14)18-22-10-16(11-23-18)27-19(26)24-25-7-6-12-8-15(21)4-5-17(12)25/h1-11H,(H,24,26). The molecule has 8 heteroatoms. The normalized spacial score (nSPS) is 10.7. The summed E-state index contributed by atoms with van der Waals surface area (Å²) in [5.41, 5.74) is 3.64. The minimum atomic E-state index is -0.765. The Morgan fingerprint density at radius 1 is 1.00 bits per heavy atom. The third-order valence-electron chi connectivity index (χ3n) is 3.79. The van der Waals surface area contributed by atoms with Gasteiger partial charge in [0.25, 0.3) is 0 Å². The fourth-order valence-electron chi connectivity index (χ4n) is 2.58. The number of fused-ring (bicyclic) bond motifs is 1. The zero-order valence-electron chi connectivity index (χ0n) is 13.8. The Balaban J connectivity index is 1.46. The van der Waals surface area contributed by atoms with Gasteiger partial charge < -0.3 is 4.74 Å². The van der Waals surface area contributed by atoms with Crippen molar-refractivity contribution in [2.45, 2.75) is 0 Å². The molecule has 0 aliphatic heterocycles. The highest BCUT2D eigenvalue weighted by Crippen LogP contribution is 2.18. The quantitative estimate of drug-likeness (QED) is 0.592. The van der Waals surface area contributed by atoms with E-state index in [1.807, 2.05) is 0 Å². The Kier molecular flexibility index (Phi) is 4.21. The molecule has 2 heterocycles. The SMILES string of the molecule is O=C(Nn1ccc2cc(F)ccc21)Oc1cnc(-c2cccc(F)c2)nc1. The number of hydrogen-bond donors (Lipinski definition) is 1. The first-order valence-corrected chi connectivity index (χ1v) is 7.92. The van der Waals surface area contributed by atoms with E-state index in [0.29, 0.717) is 22.3 Å². The molecule has 4 aromatic rings. The molecule has 4 rings (SSSR count). The van der Waals surface area contributed by atoms with Gasteiger partial charge in [0.1, 0.15) is 11.6 Å². The van der Waals surface area contributed by atoms with Crippen molar-refractivity contribution in [1.82, 2.24) is 14.6 Å². The zero-order valence-corrected chi connectivity index (χ0v) is 13.8. The van der Waals surface area contributed by atoms with E-state index in [9.17, 15) is 13.6 Å². The number of rotatable bonds is 3. The van der Waals surface area contributed by atoms with Gasteiger partial charge in [-0.25, -0.2) is 29.0 Å². The van der Waals surface area contributed by atoms with Gasteiger partial charge in [0.15, 0.2) is 11.6 Å². The number of amides is 1. The van der Waals surface area contributed by atoms with E-state index >= 15 is 0 Å². The number of nitrogens with zero attached hydrogens (tertiary/aromatic N) is 3. The molecular weight excluding hydrogens is 354 g/mol. The number of carbonyl (C=O) groups is 1. The van der Waals surface area contributed by atoms with Crippen molar-refractivity contribution in [3.8, 4) is 17.1 Å². The summed E-state index contributed by atoms with van der Waals surface area (Å²) < 4.78 is 33.0. The molecule has 1 N–H and O–H groups in total. The van der Waals surface area contributed by atoms with Crippen LogP contribution in [0.2, 0.25) is 0 Å². The molecule has 0 aliphatic carbocycles. The second-order valence-corrected chi connectivity index (χ2v) is 5.64. The van der Waals surface area contributed by atoms with E-state index in [1.165, 1.54) is 41.3 Å². The third kappa shape index (κ3) is 3.59. The van der Waals surface area contributed by atoms with Crippen molar-refractivity contribution in [2.24, 2.45) is 0 Å². The minimum Gasteiger partial charge on any atom is -0.406 e. The molecule has 27 heavy (non-hydrogen) atoms. The van der Waals surface area contributed by atoms with Gasteiger partial charge in [0.2, 0.25) is 0 Å². The van der Waals surface area contributed by atoms with Crippen molar-refractivity contribution < 1.29 is 18.3 Å². The Hall–Kier alpha value is -3.81. The van der Waals surface area contributed by atoms with Crippen LogP contribution in [-0.4, -0.2) is 20.7 Å². The number of aromatic nitrogens is 3. The summed E-state index contributed by atoms with van der Waals surface area (Å²) in [6.45, 7) is 0. The van der Waals surface area contributed by atoms with E-state index in [2.05, 4.69) is 15.4 Å². The van der Waals surface area contributed by atoms with Gasteiger partial charge in [-0.05, 0) is 36.4 Å². The van der Waals surface area contributed by atoms with Crippen molar-refractivity contribution >= 4 is 17.0 Å². The molecule has 0 unspecified atom stereocenters. The maximum atomic E-state index is 13.3. The number of nitrogens with one attached hydrogen (secondary N) is 1. The van der Waals surface area contributed by atoms with Gasteiger partial charge in [-0.15, -0.1) is 0 Å². The third-order valence-corrected chi connectivity index (χ3v) is 3.79. The molecule has 0 fully saturated rings. The van der Waals surface area contributed by atoms with Gasteiger partial charge >= 0.3 is 6.09 Å². The predicted molar refractivity (Wildman–Crippen MR) is 94.7 cm³/mol. The molecule has 0 spiro atoms. The summed E-state index contributed by atoms with van der Waals surface area (Å²) in [5.74, 6) is -0.330. The van der Waals surface area contributed by atoms with Crippen LogP contribution in [0.3, 0.4) is 0 Å². The topological polar surface area (TPSA) is 69.0 Å². The predicted octanol–water partition coefficient (Wildman–Crippen LogP) is 4.12. The van der Waals surface area contributed by atoms with Crippen LogP contribution in [0.25, 0.3) is 22.3 Å². The molecule has 1 amide bonds. The maximum Gasteiger partial charge on any atom is 0.432 e. The summed E-state index contributed by atoms with van der Waals surface area (Å²) in [4.78, 5) is 20.2. The Morgan fingerprint density at radius 3 is 2.56 bits per heavy atom. The van der Waals surface area contributed by atoms with Gasteiger partial charge in [0.05, 0.1) is 17.9 Å². The first kappa shape index (κ1) is 16.6. The fraction of sp³-hybridized carbons (Fsp3) is 0. The molecular formula is C19H12F2N4O2. The van der Waals surface area contributed by atoms with Gasteiger partial charge in [-0.3, -0.25) is 4.68 Å². The van der Waals surface area contributed by atoms with Crippen LogP contribution in [0.1, 0.15) is 0 Å². The number of halogens is 2. The lowest BCUT2D eigenvalue weighted by molar-refractivity contribution is 0.211. The highest BCUT2D eigenvalue weighted by Gasteiger charge is 2.09. The van der Waals surface area contributed by atoms with Gasteiger partial charge in [-0.2, -0.15) is 0 Å². The molecule has 0 aliphatic rings. The fourth-order valence-corrected chi connectivity index (χ4v) is 2.58. The minimum absolute atomic E-state index is 0.121. The number of ether oxygens (including phenoxy) is 1. The summed E-state index contributed by atoms with van der Waals surface area (Å²) in [6, 6.07) is 11.7. The first-order chi connectivity index (χ1) is 13.1. The molecule has 0 atom stereocenters. The van der Waals surface area contributed by atoms with Crippen molar-refractivity contribution in [1.29, 1.82) is 0 Å². The molecule has 0 radical (unpaired) electrons. The molecule has 0 saturated carbocycles. The Morgan fingerprint density at radius 2 is 1.78 bits per heavy atom. The lowest BCUT2D eigenvalue weighted by atomic mass is 10.2. The van der Waals surface area contributed by atoms with Crippen LogP contribution in [0.4, 0.5) is 13.6 Å². The van der Waals surface area contributed by atoms with Crippen LogP contribution in [-0.2, 0) is 0 Å². The summed E-state index contributed by atoms with van der Waals surface area (Å²) >= 11 is 0. The van der Waals surface area contributed by atoms with Gasteiger partial charge in [-0.1, -0.05) is 12.1 Å². The molecule has 134 valence electrons. The zero-order chi connectivity index (χ0) is 18.8. The molecule has 2 aromatic carbocycles. The highest BCUT2D eigenvalue weighted by atomic mass is 19.1.